The number of anilines is 1. The minimum Gasteiger partial charge on any atom is -0.337 e. The van der Waals surface area contributed by atoms with Crippen molar-refractivity contribution in [2.24, 2.45) is 0 Å². The summed E-state index contributed by atoms with van der Waals surface area (Å²) >= 11 is 0. The molecule has 1 aliphatic rings. The standard InChI is InChI=1S/C19H17N3O4/c1-3-21(14-7-5-4-6-8-14)17-16(18(23)20(2)19(17)24)13-9-11-15(12-10-13)22(25)26/h4-12H,3H2,1-2H3. The van der Waals surface area contributed by atoms with Gasteiger partial charge in [0.05, 0.1) is 10.5 Å². The van der Waals surface area contributed by atoms with E-state index in [0.717, 1.165) is 10.6 Å². The molecule has 0 spiro atoms. The molecule has 0 N–H and O–H groups in total. The Bertz CT molecular complexity index is 904. The van der Waals surface area contributed by atoms with E-state index in [-0.39, 0.29) is 17.0 Å². The summed E-state index contributed by atoms with van der Waals surface area (Å²) in [5.41, 5.74) is 1.72. The van der Waals surface area contributed by atoms with E-state index >= 15 is 0 Å². The van der Waals surface area contributed by atoms with Crippen LogP contribution >= 0.6 is 0 Å². The molecule has 0 atom stereocenters. The summed E-state index contributed by atoms with van der Waals surface area (Å²) in [6.45, 7) is 2.38. The number of nitrogens with zero attached hydrogens (tertiary/aromatic N) is 3. The van der Waals surface area contributed by atoms with E-state index in [2.05, 4.69) is 0 Å². The number of hydrogen-bond donors (Lipinski definition) is 0. The van der Waals surface area contributed by atoms with E-state index in [4.69, 9.17) is 0 Å². The highest BCUT2D eigenvalue weighted by atomic mass is 16.6. The number of carbonyl (C=O) groups is 2. The zero-order valence-electron chi connectivity index (χ0n) is 14.4. The lowest BCUT2D eigenvalue weighted by molar-refractivity contribution is -0.384. The van der Waals surface area contributed by atoms with Crippen LogP contribution in [-0.4, -0.2) is 35.2 Å². The molecule has 2 aromatic rings. The molecule has 0 saturated heterocycles. The molecule has 0 saturated carbocycles. The summed E-state index contributed by atoms with van der Waals surface area (Å²) in [4.78, 5) is 38.6. The number of imide groups is 1. The molecule has 7 nitrogen and oxygen atoms in total. The minimum atomic E-state index is -0.505. The molecular weight excluding hydrogens is 334 g/mol. The van der Waals surface area contributed by atoms with Gasteiger partial charge in [-0.3, -0.25) is 24.6 Å². The lowest BCUT2D eigenvalue weighted by Gasteiger charge is -2.24. The van der Waals surface area contributed by atoms with Crippen LogP contribution in [0.2, 0.25) is 0 Å². The number of hydrogen-bond acceptors (Lipinski definition) is 5. The Labute approximate surface area is 150 Å². The fourth-order valence-electron chi connectivity index (χ4n) is 2.97. The number of rotatable bonds is 5. The van der Waals surface area contributed by atoms with Crippen molar-refractivity contribution in [2.45, 2.75) is 6.92 Å². The summed E-state index contributed by atoms with van der Waals surface area (Å²) in [7, 11) is 1.43. The first-order valence-corrected chi connectivity index (χ1v) is 8.09. The smallest absolute Gasteiger partial charge is 0.277 e. The molecule has 1 heterocycles. The number of amides is 2. The minimum absolute atomic E-state index is 0.0727. The number of benzene rings is 2. The SMILES string of the molecule is CCN(C1=C(c2ccc([N+](=O)[O-])cc2)C(=O)N(C)C1=O)c1ccccc1. The summed E-state index contributed by atoms with van der Waals surface area (Å²) in [6.07, 6.45) is 0. The van der Waals surface area contributed by atoms with Crippen LogP contribution in [0.5, 0.6) is 0 Å². The van der Waals surface area contributed by atoms with Crippen molar-refractivity contribution in [3.8, 4) is 0 Å². The zero-order chi connectivity index (χ0) is 18.8. The predicted molar refractivity (Wildman–Crippen MR) is 97.3 cm³/mol. The Hall–Kier alpha value is -3.48. The maximum atomic E-state index is 12.7. The fraction of sp³-hybridized carbons (Fsp3) is 0.158. The van der Waals surface area contributed by atoms with Crippen LogP contribution in [0.1, 0.15) is 12.5 Å². The summed E-state index contributed by atoms with van der Waals surface area (Å²) < 4.78 is 0. The van der Waals surface area contributed by atoms with Crippen LogP contribution in [0.3, 0.4) is 0 Å². The van der Waals surface area contributed by atoms with Crippen LogP contribution in [-0.2, 0) is 9.59 Å². The maximum absolute atomic E-state index is 12.7. The van der Waals surface area contributed by atoms with Crippen molar-refractivity contribution >= 4 is 28.8 Å². The molecule has 0 unspecified atom stereocenters. The number of nitro benzene ring substituents is 1. The van der Waals surface area contributed by atoms with Gasteiger partial charge in [0.1, 0.15) is 5.70 Å². The third-order valence-corrected chi connectivity index (χ3v) is 4.28. The topological polar surface area (TPSA) is 83.8 Å². The van der Waals surface area contributed by atoms with Crippen LogP contribution in [0.4, 0.5) is 11.4 Å². The first-order chi connectivity index (χ1) is 12.5. The number of para-hydroxylation sites is 1. The van der Waals surface area contributed by atoms with Gasteiger partial charge in [0.2, 0.25) is 0 Å². The van der Waals surface area contributed by atoms with Crippen LogP contribution in [0.25, 0.3) is 5.57 Å². The van der Waals surface area contributed by atoms with Gasteiger partial charge >= 0.3 is 0 Å². The second kappa shape index (κ2) is 6.79. The van der Waals surface area contributed by atoms with Gasteiger partial charge in [0.25, 0.3) is 17.5 Å². The quantitative estimate of drug-likeness (QED) is 0.470. The Morgan fingerprint density at radius 1 is 1.00 bits per heavy atom. The lowest BCUT2D eigenvalue weighted by atomic mass is 10.0. The molecule has 1 aliphatic heterocycles. The average molecular weight is 351 g/mol. The van der Waals surface area contributed by atoms with Gasteiger partial charge in [0, 0.05) is 31.4 Å². The molecular formula is C19H17N3O4. The Morgan fingerprint density at radius 2 is 1.62 bits per heavy atom. The molecule has 132 valence electrons. The van der Waals surface area contributed by atoms with E-state index in [0.29, 0.717) is 12.1 Å². The van der Waals surface area contributed by atoms with Crippen molar-refractivity contribution in [1.82, 2.24) is 4.90 Å². The number of nitro groups is 1. The van der Waals surface area contributed by atoms with Crippen molar-refractivity contribution < 1.29 is 14.5 Å². The molecule has 0 aromatic heterocycles. The van der Waals surface area contributed by atoms with Crippen LogP contribution in [0, 0.1) is 10.1 Å². The van der Waals surface area contributed by atoms with Gasteiger partial charge < -0.3 is 4.90 Å². The molecule has 7 heteroatoms. The molecule has 26 heavy (non-hydrogen) atoms. The summed E-state index contributed by atoms with van der Waals surface area (Å²) in [5.74, 6) is -0.817. The van der Waals surface area contributed by atoms with Gasteiger partial charge in [-0.15, -0.1) is 0 Å². The molecule has 3 rings (SSSR count). The van der Waals surface area contributed by atoms with E-state index in [9.17, 15) is 19.7 Å². The third-order valence-electron chi connectivity index (χ3n) is 4.28. The van der Waals surface area contributed by atoms with Crippen LogP contribution < -0.4 is 4.90 Å². The monoisotopic (exact) mass is 351 g/mol. The molecule has 2 aromatic carbocycles. The highest BCUT2D eigenvalue weighted by molar-refractivity contribution is 6.36. The molecule has 0 aliphatic carbocycles. The maximum Gasteiger partial charge on any atom is 0.277 e. The number of carbonyl (C=O) groups excluding carboxylic acids is 2. The lowest BCUT2D eigenvalue weighted by Crippen LogP contribution is -2.32. The van der Waals surface area contributed by atoms with E-state index in [1.54, 1.807) is 4.90 Å². The van der Waals surface area contributed by atoms with Gasteiger partial charge in [-0.1, -0.05) is 18.2 Å². The van der Waals surface area contributed by atoms with Crippen molar-refractivity contribution in [1.29, 1.82) is 0 Å². The largest absolute Gasteiger partial charge is 0.337 e. The molecule has 0 fully saturated rings. The number of non-ortho nitro benzene ring substituents is 1. The predicted octanol–water partition coefficient (Wildman–Crippen LogP) is 2.83. The second-order valence-electron chi connectivity index (χ2n) is 5.78. The molecule has 2 amide bonds. The van der Waals surface area contributed by atoms with Crippen LogP contribution in [0.15, 0.2) is 60.3 Å². The normalized spacial score (nSPS) is 14.2. The van der Waals surface area contributed by atoms with Crippen molar-refractivity contribution in [3.05, 3.63) is 76.0 Å². The van der Waals surface area contributed by atoms with Crippen molar-refractivity contribution in [3.63, 3.8) is 0 Å². The Kier molecular flexibility index (Phi) is 4.53. The fourth-order valence-corrected chi connectivity index (χ4v) is 2.97. The van der Waals surface area contributed by atoms with Gasteiger partial charge in [-0.2, -0.15) is 0 Å². The zero-order valence-corrected chi connectivity index (χ0v) is 14.4. The summed E-state index contributed by atoms with van der Waals surface area (Å²) in [5, 5.41) is 10.9. The highest BCUT2D eigenvalue weighted by Crippen LogP contribution is 2.33. The molecule has 0 radical (unpaired) electrons. The average Bonchev–Trinajstić information content (AvgIpc) is 2.88. The van der Waals surface area contributed by atoms with Gasteiger partial charge in [-0.25, -0.2) is 0 Å². The van der Waals surface area contributed by atoms with E-state index in [1.165, 1.54) is 31.3 Å². The Morgan fingerprint density at radius 3 is 2.15 bits per heavy atom. The first kappa shape index (κ1) is 17.3. The summed E-state index contributed by atoms with van der Waals surface area (Å²) in [6, 6.07) is 15.0. The molecule has 0 bridgehead atoms. The second-order valence-corrected chi connectivity index (χ2v) is 5.78. The number of likely N-dealkylation sites (N-methyl/N-ethyl adjacent to an activating group) is 2. The van der Waals surface area contributed by atoms with Crippen molar-refractivity contribution in [2.75, 3.05) is 18.5 Å². The van der Waals surface area contributed by atoms with E-state index in [1.807, 2.05) is 37.3 Å². The van der Waals surface area contributed by atoms with Gasteiger partial charge in [-0.05, 0) is 36.8 Å². The highest BCUT2D eigenvalue weighted by Gasteiger charge is 2.39. The van der Waals surface area contributed by atoms with E-state index < -0.39 is 16.7 Å². The Balaban J connectivity index is 2.17. The third kappa shape index (κ3) is 2.83. The van der Waals surface area contributed by atoms with Gasteiger partial charge in [0.15, 0.2) is 0 Å². The first-order valence-electron chi connectivity index (χ1n) is 8.09.